The number of methoxy groups -OCH3 is 1. The van der Waals surface area contributed by atoms with Crippen molar-refractivity contribution in [2.75, 3.05) is 13.7 Å². The van der Waals surface area contributed by atoms with Crippen LogP contribution in [0.4, 0.5) is 0 Å². The van der Waals surface area contributed by atoms with Gasteiger partial charge in [-0.15, -0.1) is 0 Å². The summed E-state index contributed by atoms with van der Waals surface area (Å²) in [5, 5.41) is 9.56. The van der Waals surface area contributed by atoms with Crippen LogP contribution in [0.25, 0.3) is 0 Å². The zero-order valence-electron chi connectivity index (χ0n) is 11.1. The number of aliphatic hydroxyl groups excluding tert-OH is 1. The lowest BCUT2D eigenvalue weighted by atomic mass is 9.87. The predicted octanol–water partition coefficient (Wildman–Crippen LogP) is 1.09. The summed E-state index contributed by atoms with van der Waals surface area (Å²) in [6, 6.07) is 0. The fraction of sp³-hybridized carbons (Fsp3) is 0.917. The molecular weight excluding hydrogens is 224 g/mol. The predicted molar refractivity (Wildman–Crippen MR) is 61.3 cm³/mol. The van der Waals surface area contributed by atoms with E-state index in [0.29, 0.717) is 0 Å². The van der Waals surface area contributed by atoms with Crippen LogP contribution >= 0.6 is 0 Å². The largest absolute Gasteiger partial charge is 0.467 e. The Bertz CT molecular complexity index is 289. The summed E-state index contributed by atoms with van der Waals surface area (Å²) in [6.07, 6.45) is 0.322. The molecule has 1 N–H and O–H groups in total. The van der Waals surface area contributed by atoms with Gasteiger partial charge in [0.1, 0.15) is 6.10 Å². The van der Waals surface area contributed by atoms with Gasteiger partial charge in [-0.3, -0.25) is 0 Å². The number of aliphatic hydroxyl groups is 1. The van der Waals surface area contributed by atoms with E-state index in [-0.39, 0.29) is 5.92 Å². The maximum atomic E-state index is 11.9. The molecule has 0 aromatic heterocycles. The summed E-state index contributed by atoms with van der Waals surface area (Å²) in [5.74, 6) is -1.40. The molecule has 1 heterocycles. The van der Waals surface area contributed by atoms with Crippen LogP contribution in [0.2, 0.25) is 0 Å². The molecule has 0 saturated carbocycles. The molecule has 17 heavy (non-hydrogen) atoms. The van der Waals surface area contributed by atoms with E-state index in [4.69, 9.17) is 14.2 Å². The van der Waals surface area contributed by atoms with Crippen molar-refractivity contribution < 1.29 is 24.1 Å². The van der Waals surface area contributed by atoms with Crippen molar-refractivity contribution in [3.8, 4) is 0 Å². The van der Waals surface area contributed by atoms with Crippen molar-refractivity contribution in [1.82, 2.24) is 0 Å². The quantitative estimate of drug-likeness (QED) is 0.752. The number of rotatable bonds is 4. The third-order valence-corrected chi connectivity index (χ3v) is 3.22. The molecule has 0 amide bonds. The highest BCUT2D eigenvalue weighted by Crippen LogP contribution is 2.41. The average molecular weight is 246 g/mol. The number of carbonyl (C=O) groups is 1. The first kappa shape index (κ1) is 14.4. The first-order chi connectivity index (χ1) is 7.83. The molecule has 0 aliphatic carbocycles. The fourth-order valence-corrected chi connectivity index (χ4v) is 2.23. The highest BCUT2D eigenvalue weighted by atomic mass is 16.8. The molecule has 0 spiro atoms. The van der Waals surface area contributed by atoms with Crippen LogP contribution in [0.3, 0.4) is 0 Å². The SMILES string of the molecule is CC[C@H](C)[C@H]1OC(C)(C)O[C@]1(CO)C(=O)OC. The number of hydrogen-bond acceptors (Lipinski definition) is 5. The molecule has 5 heteroatoms. The number of esters is 1. The van der Waals surface area contributed by atoms with Gasteiger partial charge in [0, 0.05) is 0 Å². The van der Waals surface area contributed by atoms with Gasteiger partial charge in [-0.05, 0) is 19.8 Å². The zero-order valence-corrected chi connectivity index (χ0v) is 11.1. The monoisotopic (exact) mass is 246 g/mol. The van der Waals surface area contributed by atoms with E-state index in [0.717, 1.165) is 6.42 Å². The minimum atomic E-state index is -1.41. The molecule has 0 unspecified atom stereocenters. The van der Waals surface area contributed by atoms with Crippen molar-refractivity contribution in [2.24, 2.45) is 5.92 Å². The molecule has 0 radical (unpaired) electrons. The van der Waals surface area contributed by atoms with E-state index in [1.807, 2.05) is 13.8 Å². The highest BCUT2D eigenvalue weighted by molar-refractivity contribution is 5.81. The van der Waals surface area contributed by atoms with E-state index in [2.05, 4.69) is 0 Å². The van der Waals surface area contributed by atoms with Crippen LogP contribution in [0, 0.1) is 5.92 Å². The van der Waals surface area contributed by atoms with Gasteiger partial charge >= 0.3 is 5.97 Å². The van der Waals surface area contributed by atoms with Gasteiger partial charge in [-0.25, -0.2) is 4.79 Å². The van der Waals surface area contributed by atoms with Gasteiger partial charge < -0.3 is 19.3 Å². The maximum absolute atomic E-state index is 11.9. The van der Waals surface area contributed by atoms with Crippen molar-refractivity contribution in [3.05, 3.63) is 0 Å². The Labute approximate surface area is 102 Å². The highest BCUT2D eigenvalue weighted by Gasteiger charge is 2.60. The van der Waals surface area contributed by atoms with E-state index >= 15 is 0 Å². The van der Waals surface area contributed by atoms with Crippen LogP contribution in [-0.2, 0) is 19.0 Å². The van der Waals surface area contributed by atoms with E-state index < -0.39 is 30.1 Å². The normalized spacial score (nSPS) is 33.4. The van der Waals surface area contributed by atoms with Gasteiger partial charge in [0.05, 0.1) is 13.7 Å². The van der Waals surface area contributed by atoms with Crippen molar-refractivity contribution in [1.29, 1.82) is 0 Å². The third-order valence-electron chi connectivity index (χ3n) is 3.22. The molecule has 100 valence electrons. The molecule has 1 aliphatic rings. The summed E-state index contributed by atoms with van der Waals surface area (Å²) in [7, 11) is 1.28. The fourth-order valence-electron chi connectivity index (χ4n) is 2.23. The van der Waals surface area contributed by atoms with Crippen molar-refractivity contribution in [2.45, 2.75) is 51.6 Å². The lowest BCUT2D eigenvalue weighted by molar-refractivity contribution is -0.193. The third kappa shape index (κ3) is 2.46. The summed E-state index contributed by atoms with van der Waals surface area (Å²) in [4.78, 5) is 11.9. The topological polar surface area (TPSA) is 65.0 Å². The zero-order chi connectivity index (χ0) is 13.3. The Morgan fingerprint density at radius 1 is 1.53 bits per heavy atom. The lowest BCUT2D eigenvalue weighted by Gasteiger charge is -2.30. The minimum Gasteiger partial charge on any atom is -0.467 e. The Hall–Kier alpha value is -0.650. The Balaban J connectivity index is 3.10. The standard InChI is InChI=1S/C12H22O5/c1-6-8(2)9-12(7-13,10(14)15-5)17-11(3,4)16-9/h8-9,13H,6-7H2,1-5H3/t8-,9+,12-/m0/s1. The van der Waals surface area contributed by atoms with Crippen LogP contribution < -0.4 is 0 Å². The van der Waals surface area contributed by atoms with Gasteiger partial charge in [0.25, 0.3) is 0 Å². The summed E-state index contributed by atoms with van der Waals surface area (Å²) < 4.78 is 16.1. The van der Waals surface area contributed by atoms with Crippen LogP contribution in [0.1, 0.15) is 34.1 Å². The van der Waals surface area contributed by atoms with Gasteiger partial charge in [0.15, 0.2) is 5.79 Å². The maximum Gasteiger partial charge on any atom is 0.343 e. The molecule has 1 saturated heterocycles. The second-order valence-electron chi connectivity index (χ2n) is 4.97. The molecule has 5 nitrogen and oxygen atoms in total. The molecule has 1 aliphatic heterocycles. The molecule has 1 rings (SSSR count). The number of hydrogen-bond donors (Lipinski definition) is 1. The number of carbonyl (C=O) groups excluding carboxylic acids is 1. The summed E-state index contributed by atoms with van der Waals surface area (Å²) in [6.45, 7) is 6.96. The van der Waals surface area contributed by atoms with Crippen LogP contribution in [0.5, 0.6) is 0 Å². The minimum absolute atomic E-state index is 0.0861. The Morgan fingerprint density at radius 2 is 2.12 bits per heavy atom. The Kier molecular flexibility index (Phi) is 4.17. The Morgan fingerprint density at radius 3 is 2.53 bits per heavy atom. The first-order valence-electron chi connectivity index (χ1n) is 5.90. The lowest BCUT2D eigenvalue weighted by Crippen LogP contribution is -2.54. The second-order valence-corrected chi connectivity index (χ2v) is 4.97. The average Bonchev–Trinajstić information content (AvgIpc) is 2.59. The van der Waals surface area contributed by atoms with E-state index in [1.165, 1.54) is 7.11 Å². The molecular formula is C12H22O5. The van der Waals surface area contributed by atoms with E-state index in [9.17, 15) is 9.90 Å². The second kappa shape index (κ2) is 4.92. The van der Waals surface area contributed by atoms with Crippen molar-refractivity contribution in [3.63, 3.8) is 0 Å². The van der Waals surface area contributed by atoms with Crippen LogP contribution in [-0.4, -0.2) is 42.3 Å². The van der Waals surface area contributed by atoms with Gasteiger partial charge in [0.2, 0.25) is 5.60 Å². The molecule has 0 aromatic rings. The van der Waals surface area contributed by atoms with Crippen molar-refractivity contribution >= 4 is 5.97 Å². The van der Waals surface area contributed by atoms with E-state index in [1.54, 1.807) is 13.8 Å². The van der Waals surface area contributed by atoms with Gasteiger partial charge in [-0.2, -0.15) is 0 Å². The summed E-state index contributed by atoms with van der Waals surface area (Å²) in [5.41, 5.74) is -1.41. The molecule has 3 atom stereocenters. The molecule has 0 bridgehead atoms. The van der Waals surface area contributed by atoms with Crippen LogP contribution in [0.15, 0.2) is 0 Å². The smallest absolute Gasteiger partial charge is 0.343 e. The summed E-state index contributed by atoms with van der Waals surface area (Å²) >= 11 is 0. The number of ether oxygens (including phenoxy) is 3. The van der Waals surface area contributed by atoms with Gasteiger partial charge in [-0.1, -0.05) is 20.3 Å². The molecule has 0 aromatic carbocycles. The molecule has 1 fully saturated rings. The first-order valence-corrected chi connectivity index (χ1v) is 5.90.